The Morgan fingerprint density at radius 3 is 2.54 bits per heavy atom. The molecule has 0 aromatic rings. The van der Waals surface area contributed by atoms with E-state index in [1.165, 1.54) is 5.57 Å². The molecule has 0 aromatic heterocycles. The number of allylic oxidation sites excluding steroid dienone is 1. The van der Waals surface area contributed by atoms with Crippen molar-refractivity contribution >= 4 is 5.78 Å². The highest BCUT2D eigenvalue weighted by molar-refractivity contribution is 5.86. The first-order valence-electron chi connectivity index (χ1n) is 9.83. The van der Waals surface area contributed by atoms with Gasteiger partial charge in [-0.3, -0.25) is 4.79 Å². The summed E-state index contributed by atoms with van der Waals surface area (Å²) in [5.74, 6) is 1.65. The summed E-state index contributed by atoms with van der Waals surface area (Å²) in [5, 5.41) is 21.2. The third-order valence-electron chi connectivity index (χ3n) is 8.81. The minimum atomic E-state index is -1.11. The minimum absolute atomic E-state index is 0.0370. The Kier molecular flexibility index (Phi) is 3.61. The highest BCUT2D eigenvalue weighted by Crippen LogP contribution is 2.67. The molecule has 0 aromatic carbocycles. The van der Waals surface area contributed by atoms with Gasteiger partial charge in [-0.2, -0.15) is 0 Å². The summed E-state index contributed by atoms with van der Waals surface area (Å²) in [6.07, 6.45) is 9.84. The van der Waals surface area contributed by atoms with Gasteiger partial charge in [0.05, 0.1) is 6.10 Å². The summed E-state index contributed by atoms with van der Waals surface area (Å²) in [5.41, 5.74) is 0.331. The van der Waals surface area contributed by atoms with Gasteiger partial charge in [-0.15, -0.1) is 0 Å². The molecule has 7 atom stereocenters. The summed E-state index contributed by atoms with van der Waals surface area (Å²) in [7, 11) is 0. The van der Waals surface area contributed by atoms with Crippen LogP contribution in [0.4, 0.5) is 0 Å². The average molecular weight is 332 g/mol. The van der Waals surface area contributed by atoms with Gasteiger partial charge < -0.3 is 10.2 Å². The predicted molar refractivity (Wildman–Crippen MR) is 93.3 cm³/mol. The lowest BCUT2D eigenvalue weighted by Crippen LogP contribution is -2.56. The third kappa shape index (κ3) is 1.94. The SMILES string of the molecule is CC(=O)[C@]1(O)CC[C@H]2[C@@H]3CC=C4C[C@@H](O)CC[C@]4(C)[C@H]3CC[C@@]21C. The van der Waals surface area contributed by atoms with Crippen LogP contribution >= 0.6 is 0 Å². The Labute approximate surface area is 145 Å². The van der Waals surface area contributed by atoms with Crippen LogP contribution in [0.2, 0.25) is 0 Å². The van der Waals surface area contributed by atoms with Crippen LogP contribution in [0.15, 0.2) is 11.6 Å². The van der Waals surface area contributed by atoms with Crippen LogP contribution in [0.3, 0.4) is 0 Å². The van der Waals surface area contributed by atoms with E-state index in [1.54, 1.807) is 6.92 Å². The molecule has 3 nitrogen and oxygen atoms in total. The van der Waals surface area contributed by atoms with Crippen LogP contribution in [-0.4, -0.2) is 27.7 Å². The molecule has 3 heteroatoms. The molecule has 0 heterocycles. The summed E-state index contributed by atoms with van der Waals surface area (Å²) < 4.78 is 0. The van der Waals surface area contributed by atoms with Gasteiger partial charge in [-0.05, 0) is 81.5 Å². The summed E-state index contributed by atoms with van der Waals surface area (Å²) in [6, 6.07) is 0. The normalized spacial score (nSPS) is 53.6. The van der Waals surface area contributed by atoms with Gasteiger partial charge in [0, 0.05) is 5.41 Å². The molecule has 24 heavy (non-hydrogen) atoms. The van der Waals surface area contributed by atoms with E-state index in [4.69, 9.17) is 0 Å². The second-order valence-electron chi connectivity index (χ2n) is 9.57. The predicted octanol–water partition coefficient (Wildman–Crippen LogP) is 3.63. The van der Waals surface area contributed by atoms with E-state index in [1.807, 2.05) is 0 Å². The van der Waals surface area contributed by atoms with Crippen LogP contribution in [0.5, 0.6) is 0 Å². The number of ketones is 1. The molecule has 0 bridgehead atoms. The van der Waals surface area contributed by atoms with E-state index in [-0.39, 0.29) is 22.7 Å². The van der Waals surface area contributed by atoms with Crippen LogP contribution < -0.4 is 0 Å². The molecule has 3 fully saturated rings. The van der Waals surface area contributed by atoms with Gasteiger partial charge in [-0.25, -0.2) is 0 Å². The molecular formula is C21H32O3. The lowest BCUT2D eigenvalue weighted by Gasteiger charge is -2.58. The van der Waals surface area contributed by atoms with Gasteiger partial charge in [-0.1, -0.05) is 25.5 Å². The standard InChI is InChI=1S/C21H32O3/c1-13(22)21(24)11-8-18-16-5-4-14-12-15(23)6-9-19(14,2)17(16)7-10-20(18,21)3/h4,15-18,23-24H,5-12H2,1-3H3/t15-,16+,17-,18-,19-,20-,21+/m0/s1. The second-order valence-corrected chi connectivity index (χ2v) is 9.57. The summed E-state index contributed by atoms with van der Waals surface area (Å²) >= 11 is 0. The van der Waals surface area contributed by atoms with Gasteiger partial charge in [0.1, 0.15) is 5.60 Å². The molecular weight excluding hydrogens is 300 g/mol. The van der Waals surface area contributed by atoms with Gasteiger partial charge in [0.2, 0.25) is 0 Å². The van der Waals surface area contributed by atoms with Crippen molar-refractivity contribution < 1.29 is 15.0 Å². The zero-order valence-corrected chi connectivity index (χ0v) is 15.3. The summed E-state index contributed by atoms with van der Waals surface area (Å²) in [6.45, 7) is 6.16. The van der Waals surface area contributed by atoms with Crippen molar-refractivity contribution in [3.8, 4) is 0 Å². The van der Waals surface area contributed by atoms with Gasteiger partial charge >= 0.3 is 0 Å². The number of rotatable bonds is 1. The molecule has 3 saturated carbocycles. The van der Waals surface area contributed by atoms with Crippen LogP contribution in [-0.2, 0) is 4.79 Å². The van der Waals surface area contributed by atoms with Gasteiger partial charge in [0.25, 0.3) is 0 Å². The van der Waals surface area contributed by atoms with Crippen molar-refractivity contribution in [1.29, 1.82) is 0 Å². The van der Waals surface area contributed by atoms with E-state index in [0.29, 0.717) is 24.2 Å². The first-order chi connectivity index (χ1) is 11.2. The lowest BCUT2D eigenvalue weighted by atomic mass is 9.47. The minimum Gasteiger partial charge on any atom is -0.393 e. The zero-order valence-electron chi connectivity index (χ0n) is 15.3. The van der Waals surface area contributed by atoms with Crippen LogP contribution in [0.1, 0.15) is 72.1 Å². The van der Waals surface area contributed by atoms with Crippen molar-refractivity contribution in [2.24, 2.45) is 28.6 Å². The molecule has 0 aliphatic heterocycles. The Bertz CT molecular complexity index is 596. The van der Waals surface area contributed by atoms with Crippen molar-refractivity contribution in [2.75, 3.05) is 0 Å². The van der Waals surface area contributed by atoms with Crippen molar-refractivity contribution in [3.05, 3.63) is 11.6 Å². The fraction of sp³-hybridized carbons (Fsp3) is 0.857. The Morgan fingerprint density at radius 2 is 1.83 bits per heavy atom. The first-order valence-corrected chi connectivity index (χ1v) is 9.83. The van der Waals surface area contributed by atoms with E-state index in [2.05, 4.69) is 19.9 Å². The number of fused-ring (bicyclic) bond motifs is 5. The van der Waals surface area contributed by atoms with E-state index >= 15 is 0 Å². The lowest BCUT2D eigenvalue weighted by molar-refractivity contribution is -0.159. The molecule has 4 aliphatic rings. The number of carbonyl (C=O) groups is 1. The highest BCUT2D eigenvalue weighted by atomic mass is 16.3. The fourth-order valence-electron chi connectivity index (χ4n) is 7.24. The second kappa shape index (κ2) is 5.17. The van der Waals surface area contributed by atoms with Crippen LogP contribution in [0.25, 0.3) is 0 Å². The Hall–Kier alpha value is -0.670. The maximum absolute atomic E-state index is 12.2. The molecule has 0 saturated heterocycles. The number of hydrogen-bond acceptors (Lipinski definition) is 3. The number of carbonyl (C=O) groups excluding carboxylic acids is 1. The maximum atomic E-state index is 12.2. The topological polar surface area (TPSA) is 57.5 Å². The largest absolute Gasteiger partial charge is 0.393 e. The molecule has 2 N–H and O–H groups in total. The molecule has 4 aliphatic carbocycles. The Balaban J connectivity index is 1.69. The Morgan fingerprint density at radius 1 is 1.12 bits per heavy atom. The maximum Gasteiger partial charge on any atom is 0.161 e. The highest BCUT2D eigenvalue weighted by Gasteiger charge is 2.65. The molecule has 0 spiro atoms. The molecule has 134 valence electrons. The number of hydrogen-bond donors (Lipinski definition) is 2. The molecule has 0 amide bonds. The quantitative estimate of drug-likeness (QED) is 0.721. The smallest absolute Gasteiger partial charge is 0.161 e. The van der Waals surface area contributed by atoms with Gasteiger partial charge in [0.15, 0.2) is 5.78 Å². The van der Waals surface area contributed by atoms with E-state index in [0.717, 1.165) is 44.9 Å². The van der Waals surface area contributed by atoms with Crippen LogP contribution in [0, 0.1) is 28.6 Å². The molecule has 0 unspecified atom stereocenters. The number of Topliss-reactive ketones (excluding diaryl/α,β-unsaturated/α-hetero) is 1. The van der Waals surface area contributed by atoms with Crippen molar-refractivity contribution in [3.63, 3.8) is 0 Å². The third-order valence-corrected chi connectivity index (χ3v) is 8.81. The van der Waals surface area contributed by atoms with Crippen molar-refractivity contribution in [1.82, 2.24) is 0 Å². The average Bonchev–Trinajstić information content (AvgIpc) is 2.81. The zero-order chi connectivity index (χ0) is 17.3. The first kappa shape index (κ1) is 16.8. The number of aliphatic hydroxyl groups is 2. The monoisotopic (exact) mass is 332 g/mol. The van der Waals surface area contributed by atoms with E-state index < -0.39 is 5.60 Å². The number of aliphatic hydroxyl groups excluding tert-OH is 1. The van der Waals surface area contributed by atoms with E-state index in [9.17, 15) is 15.0 Å². The fourth-order valence-corrected chi connectivity index (χ4v) is 7.24. The summed E-state index contributed by atoms with van der Waals surface area (Å²) in [4.78, 5) is 12.2. The molecule has 0 radical (unpaired) electrons. The molecule has 4 rings (SSSR count). The van der Waals surface area contributed by atoms with Crippen molar-refractivity contribution in [2.45, 2.75) is 83.8 Å².